The molecule has 3 atom stereocenters. The molecule has 7 nitrogen and oxygen atoms in total. The van der Waals surface area contributed by atoms with Crippen LogP contribution >= 0.6 is 0 Å². The van der Waals surface area contributed by atoms with Crippen molar-refractivity contribution in [3.8, 4) is 0 Å². The molecule has 104 valence electrons. The van der Waals surface area contributed by atoms with Crippen LogP contribution in [0.25, 0.3) is 0 Å². The number of amides is 3. The molecule has 3 amide bonds. The van der Waals surface area contributed by atoms with Crippen molar-refractivity contribution in [1.29, 1.82) is 0 Å². The van der Waals surface area contributed by atoms with Crippen LogP contribution in [-0.4, -0.2) is 29.8 Å². The van der Waals surface area contributed by atoms with E-state index in [0.29, 0.717) is 6.42 Å². The zero-order chi connectivity index (χ0) is 14.3. The Bertz CT molecular complexity index is 319. The molecule has 0 spiro atoms. The molecule has 18 heavy (non-hydrogen) atoms. The second-order valence-electron chi connectivity index (χ2n) is 4.39. The SMILES string of the molecule is CC[C@H](C)[C@H](NC(=O)[C@@H](N)CCC(N)=O)C(N)=O. The van der Waals surface area contributed by atoms with Gasteiger partial charge in [0.15, 0.2) is 0 Å². The van der Waals surface area contributed by atoms with Gasteiger partial charge in [0.1, 0.15) is 6.04 Å². The molecule has 0 aromatic carbocycles. The molecule has 0 saturated carbocycles. The molecule has 0 aliphatic carbocycles. The Balaban J connectivity index is 4.41. The first-order valence-electron chi connectivity index (χ1n) is 5.93. The van der Waals surface area contributed by atoms with Gasteiger partial charge >= 0.3 is 0 Å². The number of hydrogen-bond acceptors (Lipinski definition) is 4. The summed E-state index contributed by atoms with van der Waals surface area (Å²) >= 11 is 0. The average molecular weight is 258 g/mol. The maximum absolute atomic E-state index is 11.7. The number of rotatable bonds is 8. The quantitative estimate of drug-likeness (QED) is 0.424. The molecular weight excluding hydrogens is 236 g/mol. The number of carbonyl (C=O) groups excluding carboxylic acids is 3. The topological polar surface area (TPSA) is 141 Å². The van der Waals surface area contributed by atoms with Crippen molar-refractivity contribution >= 4 is 17.7 Å². The normalized spacial score (nSPS) is 15.5. The fourth-order valence-electron chi connectivity index (χ4n) is 1.42. The summed E-state index contributed by atoms with van der Waals surface area (Å²) in [5, 5.41) is 2.50. The molecular formula is C11H22N4O3. The van der Waals surface area contributed by atoms with Gasteiger partial charge in [-0.1, -0.05) is 20.3 Å². The molecule has 7 heteroatoms. The first-order valence-corrected chi connectivity index (χ1v) is 5.93. The maximum Gasteiger partial charge on any atom is 0.240 e. The van der Waals surface area contributed by atoms with E-state index >= 15 is 0 Å². The second kappa shape index (κ2) is 7.65. The molecule has 0 radical (unpaired) electrons. The Hall–Kier alpha value is -1.63. The molecule has 0 fully saturated rings. The van der Waals surface area contributed by atoms with Gasteiger partial charge in [-0.15, -0.1) is 0 Å². The van der Waals surface area contributed by atoms with E-state index < -0.39 is 29.8 Å². The molecule has 0 unspecified atom stereocenters. The van der Waals surface area contributed by atoms with Crippen LogP contribution < -0.4 is 22.5 Å². The van der Waals surface area contributed by atoms with E-state index in [4.69, 9.17) is 17.2 Å². The van der Waals surface area contributed by atoms with Crippen molar-refractivity contribution in [1.82, 2.24) is 5.32 Å². The van der Waals surface area contributed by atoms with E-state index in [1.807, 2.05) is 13.8 Å². The highest BCUT2D eigenvalue weighted by Crippen LogP contribution is 2.07. The maximum atomic E-state index is 11.7. The number of nitrogens with two attached hydrogens (primary N) is 3. The number of hydrogen-bond donors (Lipinski definition) is 4. The monoisotopic (exact) mass is 258 g/mol. The minimum absolute atomic E-state index is 0.0269. The Morgan fingerprint density at radius 2 is 1.78 bits per heavy atom. The molecule has 0 bridgehead atoms. The minimum atomic E-state index is -0.872. The Morgan fingerprint density at radius 1 is 1.22 bits per heavy atom. The van der Waals surface area contributed by atoms with Crippen molar-refractivity contribution in [2.75, 3.05) is 0 Å². The van der Waals surface area contributed by atoms with E-state index in [9.17, 15) is 14.4 Å². The van der Waals surface area contributed by atoms with Crippen molar-refractivity contribution in [2.24, 2.45) is 23.1 Å². The Labute approximate surface area is 106 Å². The van der Waals surface area contributed by atoms with Crippen molar-refractivity contribution in [2.45, 2.75) is 45.2 Å². The van der Waals surface area contributed by atoms with Crippen LogP contribution in [0.5, 0.6) is 0 Å². The molecule has 7 N–H and O–H groups in total. The minimum Gasteiger partial charge on any atom is -0.370 e. The largest absolute Gasteiger partial charge is 0.370 e. The third-order valence-electron chi connectivity index (χ3n) is 2.86. The lowest BCUT2D eigenvalue weighted by atomic mass is 9.98. The lowest BCUT2D eigenvalue weighted by Gasteiger charge is -2.22. The summed E-state index contributed by atoms with van der Waals surface area (Å²) in [6.45, 7) is 3.70. The Morgan fingerprint density at radius 3 is 2.17 bits per heavy atom. The van der Waals surface area contributed by atoms with Gasteiger partial charge in [-0.2, -0.15) is 0 Å². The standard InChI is InChI=1S/C11H22N4O3/c1-3-6(2)9(10(14)17)15-11(18)7(12)4-5-8(13)16/h6-7,9H,3-5,12H2,1-2H3,(H2,13,16)(H2,14,17)(H,15,18)/t6-,7-,9-/m0/s1. The number of carbonyl (C=O) groups is 3. The highest BCUT2D eigenvalue weighted by atomic mass is 16.2. The first-order chi connectivity index (χ1) is 8.29. The smallest absolute Gasteiger partial charge is 0.240 e. The molecule has 0 aromatic rings. The van der Waals surface area contributed by atoms with E-state index in [0.717, 1.165) is 0 Å². The zero-order valence-electron chi connectivity index (χ0n) is 10.8. The molecule has 0 aliphatic rings. The first kappa shape index (κ1) is 16.4. The van der Waals surface area contributed by atoms with Crippen LogP contribution in [0.1, 0.15) is 33.1 Å². The third kappa shape index (κ3) is 5.62. The summed E-state index contributed by atoms with van der Waals surface area (Å²) in [4.78, 5) is 33.5. The lowest BCUT2D eigenvalue weighted by molar-refractivity contribution is -0.129. The average Bonchev–Trinajstić information content (AvgIpc) is 2.30. The third-order valence-corrected chi connectivity index (χ3v) is 2.86. The molecule has 0 saturated heterocycles. The molecule has 0 heterocycles. The number of primary amides is 2. The summed E-state index contributed by atoms with van der Waals surface area (Å²) in [7, 11) is 0. The predicted molar refractivity (Wildman–Crippen MR) is 67.0 cm³/mol. The van der Waals surface area contributed by atoms with E-state index in [1.54, 1.807) is 0 Å². The van der Waals surface area contributed by atoms with Gasteiger partial charge in [0.05, 0.1) is 6.04 Å². The van der Waals surface area contributed by atoms with Crippen LogP contribution in [0.2, 0.25) is 0 Å². The lowest BCUT2D eigenvalue weighted by Crippen LogP contribution is -2.53. The van der Waals surface area contributed by atoms with E-state index in [-0.39, 0.29) is 18.8 Å². The Kier molecular flexibility index (Phi) is 6.96. The van der Waals surface area contributed by atoms with Crippen LogP contribution in [0.15, 0.2) is 0 Å². The summed E-state index contributed by atoms with van der Waals surface area (Å²) in [6.07, 6.45) is 0.872. The van der Waals surface area contributed by atoms with Crippen LogP contribution in [0.4, 0.5) is 0 Å². The molecule has 0 rings (SSSR count). The fraction of sp³-hybridized carbons (Fsp3) is 0.727. The summed E-state index contributed by atoms with van der Waals surface area (Å²) in [5.41, 5.74) is 15.8. The van der Waals surface area contributed by atoms with E-state index in [1.165, 1.54) is 0 Å². The van der Waals surface area contributed by atoms with Crippen molar-refractivity contribution in [3.63, 3.8) is 0 Å². The van der Waals surface area contributed by atoms with Gasteiger partial charge in [0, 0.05) is 6.42 Å². The van der Waals surface area contributed by atoms with Crippen LogP contribution in [-0.2, 0) is 14.4 Å². The molecule has 0 aromatic heterocycles. The fourth-order valence-corrected chi connectivity index (χ4v) is 1.42. The predicted octanol–water partition coefficient (Wildman–Crippen LogP) is -1.40. The van der Waals surface area contributed by atoms with Gasteiger partial charge in [-0.25, -0.2) is 0 Å². The van der Waals surface area contributed by atoms with Crippen LogP contribution in [0.3, 0.4) is 0 Å². The summed E-state index contributed by atoms with van der Waals surface area (Å²) < 4.78 is 0. The zero-order valence-corrected chi connectivity index (χ0v) is 10.8. The van der Waals surface area contributed by atoms with E-state index in [2.05, 4.69) is 5.32 Å². The van der Waals surface area contributed by atoms with Gasteiger partial charge in [-0.05, 0) is 12.3 Å². The number of nitrogens with one attached hydrogen (secondary N) is 1. The summed E-state index contributed by atoms with van der Waals surface area (Å²) in [6, 6.07) is -1.62. The van der Waals surface area contributed by atoms with Gasteiger partial charge < -0.3 is 22.5 Å². The van der Waals surface area contributed by atoms with Gasteiger partial charge in [0.25, 0.3) is 0 Å². The highest BCUT2D eigenvalue weighted by Gasteiger charge is 2.25. The summed E-state index contributed by atoms with van der Waals surface area (Å²) in [5.74, 6) is -1.69. The highest BCUT2D eigenvalue weighted by molar-refractivity contribution is 5.89. The second-order valence-corrected chi connectivity index (χ2v) is 4.39. The van der Waals surface area contributed by atoms with Gasteiger partial charge in [0.2, 0.25) is 17.7 Å². The van der Waals surface area contributed by atoms with Crippen molar-refractivity contribution < 1.29 is 14.4 Å². The van der Waals surface area contributed by atoms with Gasteiger partial charge in [-0.3, -0.25) is 14.4 Å². The van der Waals surface area contributed by atoms with Crippen LogP contribution in [0, 0.1) is 5.92 Å². The molecule has 0 aliphatic heterocycles. The van der Waals surface area contributed by atoms with Crippen molar-refractivity contribution in [3.05, 3.63) is 0 Å².